The third-order valence-corrected chi connectivity index (χ3v) is 1.87. The van der Waals surface area contributed by atoms with Crippen LogP contribution in [-0.2, 0) is 9.47 Å². The van der Waals surface area contributed by atoms with Crippen LogP contribution in [0.25, 0.3) is 0 Å². The third-order valence-electron chi connectivity index (χ3n) is 1.87. The minimum absolute atomic E-state index is 0.210. The average Bonchev–Trinajstić information content (AvgIpc) is 2.28. The third kappa shape index (κ3) is 2.63. The zero-order chi connectivity index (χ0) is 12.1. The number of amides is 1. The summed E-state index contributed by atoms with van der Waals surface area (Å²) in [5.41, 5.74) is 6.42. The summed E-state index contributed by atoms with van der Waals surface area (Å²) in [7, 11) is 2.47. The van der Waals surface area contributed by atoms with Gasteiger partial charge >= 0.3 is 12.1 Å². The van der Waals surface area contributed by atoms with E-state index in [1.54, 1.807) is 0 Å². The Labute approximate surface area is 92.3 Å². The molecule has 1 amide bonds. The summed E-state index contributed by atoms with van der Waals surface area (Å²) < 4.78 is 8.98. The first kappa shape index (κ1) is 11.8. The van der Waals surface area contributed by atoms with Gasteiger partial charge in [0.05, 0.1) is 25.5 Å². The van der Waals surface area contributed by atoms with E-state index < -0.39 is 12.1 Å². The summed E-state index contributed by atoms with van der Waals surface area (Å²) in [5, 5.41) is 2.37. The summed E-state index contributed by atoms with van der Waals surface area (Å²) in [5.74, 6) is -0.564. The molecule has 3 N–H and O–H groups in total. The van der Waals surface area contributed by atoms with Crippen molar-refractivity contribution in [3.8, 4) is 0 Å². The number of benzene rings is 1. The maximum atomic E-state index is 11.4. The van der Waals surface area contributed by atoms with Crippen LogP contribution in [0.5, 0.6) is 0 Å². The molecule has 0 atom stereocenters. The lowest BCUT2D eigenvalue weighted by atomic mass is 10.1. The highest BCUT2D eigenvalue weighted by atomic mass is 16.5. The van der Waals surface area contributed by atoms with Crippen LogP contribution in [-0.4, -0.2) is 26.3 Å². The number of nitrogen functional groups attached to an aromatic ring is 1. The minimum Gasteiger partial charge on any atom is -0.465 e. The molecule has 1 aromatic carbocycles. The second-order valence-electron chi connectivity index (χ2n) is 2.91. The molecule has 1 rings (SSSR count). The standard InChI is InChI=1S/C10H12N2O4/c1-15-9(13)7-4-3-6(11)5-8(7)12-10(14)16-2/h3-5H,11H2,1-2H3,(H,12,14). The number of methoxy groups -OCH3 is 2. The maximum Gasteiger partial charge on any atom is 0.411 e. The molecule has 0 heterocycles. The molecule has 0 aliphatic carbocycles. The number of carbonyl (C=O) groups excluding carboxylic acids is 2. The van der Waals surface area contributed by atoms with Gasteiger partial charge in [0.25, 0.3) is 0 Å². The number of ether oxygens (including phenoxy) is 2. The van der Waals surface area contributed by atoms with Crippen molar-refractivity contribution in [2.24, 2.45) is 0 Å². The van der Waals surface area contributed by atoms with Gasteiger partial charge in [-0.3, -0.25) is 5.32 Å². The molecule has 0 radical (unpaired) electrons. The van der Waals surface area contributed by atoms with Crippen molar-refractivity contribution in [3.63, 3.8) is 0 Å². The van der Waals surface area contributed by atoms with Gasteiger partial charge in [-0.25, -0.2) is 9.59 Å². The molecular weight excluding hydrogens is 212 g/mol. The van der Waals surface area contributed by atoms with Crippen molar-refractivity contribution in [1.29, 1.82) is 0 Å². The first-order chi connectivity index (χ1) is 7.58. The fourth-order valence-corrected chi connectivity index (χ4v) is 1.11. The highest BCUT2D eigenvalue weighted by Crippen LogP contribution is 2.20. The van der Waals surface area contributed by atoms with Gasteiger partial charge in [-0.2, -0.15) is 0 Å². The molecule has 16 heavy (non-hydrogen) atoms. The van der Waals surface area contributed by atoms with E-state index in [4.69, 9.17) is 5.73 Å². The number of nitrogens with two attached hydrogens (primary N) is 1. The van der Waals surface area contributed by atoms with Gasteiger partial charge in [-0.05, 0) is 18.2 Å². The van der Waals surface area contributed by atoms with Gasteiger partial charge in [0.15, 0.2) is 0 Å². The predicted molar refractivity (Wildman–Crippen MR) is 58.2 cm³/mol. The van der Waals surface area contributed by atoms with Crippen LogP contribution in [0.2, 0.25) is 0 Å². The second kappa shape index (κ2) is 5.01. The molecule has 0 fully saturated rings. The maximum absolute atomic E-state index is 11.4. The molecule has 0 unspecified atom stereocenters. The van der Waals surface area contributed by atoms with Gasteiger partial charge in [0, 0.05) is 5.69 Å². The van der Waals surface area contributed by atoms with Gasteiger partial charge in [0.2, 0.25) is 0 Å². The fraction of sp³-hybridized carbons (Fsp3) is 0.200. The molecule has 1 aromatic rings. The Hall–Kier alpha value is -2.24. The van der Waals surface area contributed by atoms with Gasteiger partial charge in [-0.15, -0.1) is 0 Å². The van der Waals surface area contributed by atoms with Crippen molar-refractivity contribution >= 4 is 23.4 Å². The normalized spacial score (nSPS) is 9.38. The molecule has 0 aliphatic rings. The van der Waals surface area contributed by atoms with Crippen LogP contribution >= 0.6 is 0 Å². The van der Waals surface area contributed by atoms with E-state index in [2.05, 4.69) is 14.8 Å². The zero-order valence-electron chi connectivity index (χ0n) is 8.94. The van der Waals surface area contributed by atoms with Crippen LogP contribution in [0.15, 0.2) is 18.2 Å². The quantitative estimate of drug-likeness (QED) is 0.582. The largest absolute Gasteiger partial charge is 0.465 e. The number of nitrogens with one attached hydrogen (secondary N) is 1. The Morgan fingerprint density at radius 3 is 2.50 bits per heavy atom. The molecule has 0 aliphatic heterocycles. The Kier molecular flexibility index (Phi) is 3.71. The molecule has 0 aromatic heterocycles. The molecule has 6 nitrogen and oxygen atoms in total. The van der Waals surface area contributed by atoms with Crippen LogP contribution < -0.4 is 11.1 Å². The van der Waals surface area contributed by atoms with E-state index in [-0.39, 0.29) is 11.3 Å². The first-order valence-corrected chi connectivity index (χ1v) is 4.41. The van der Waals surface area contributed by atoms with Gasteiger partial charge in [-0.1, -0.05) is 0 Å². The van der Waals surface area contributed by atoms with E-state index in [1.807, 2.05) is 0 Å². The number of hydrogen-bond acceptors (Lipinski definition) is 5. The lowest BCUT2D eigenvalue weighted by Crippen LogP contribution is -2.15. The molecule has 6 heteroatoms. The van der Waals surface area contributed by atoms with Crippen molar-refractivity contribution < 1.29 is 19.1 Å². The number of esters is 1. The van der Waals surface area contributed by atoms with E-state index in [0.29, 0.717) is 5.69 Å². The van der Waals surface area contributed by atoms with Crippen molar-refractivity contribution in [1.82, 2.24) is 0 Å². The topological polar surface area (TPSA) is 90.6 Å². The SMILES string of the molecule is COC(=O)Nc1cc(N)ccc1C(=O)OC. The van der Waals surface area contributed by atoms with Crippen molar-refractivity contribution in [2.45, 2.75) is 0 Å². The lowest BCUT2D eigenvalue weighted by molar-refractivity contribution is 0.0602. The van der Waals surface area contributed by atoms with E-state index in [1.165, 1.54) is 32.4 Å². The lowest BCUT2D eigenvalue weighted by Gasteiger charge is -2.09. The smallest absolute Gasteiger partial charge is 0.411 e. The Bertz CT molecular complexity index is 417. The predicted octanol–water partition coefficient (Wildman–Crippen LogP) is 1.23. The van der Waals surface area contributed by atoms with E-state index in [0.717, 1.165) is 0 Å². The van der Waals surface area contributed by atoms with Gasteiger partial charge < -0.3 is 15.2 Å². The van der Waals surface area contributed by atoms with Crippen molar-refractivity contribution in [2.75, 3.05) is 25.3 Å². The Balaban J connectivity index is 3.08. The van der Waals surface area contributed by atoms with Crippen LogP contribution in [0, 0.1) is 0 Å². The number of anilines is 2. The molecule has 0 saturated heterocycles. The monoisotopic (exact) mass is 224 g/mol. The van der Waals surface area contributed by atoms with Crippen molar-refractivity contribution in [3.05, 3.63) is 23.8 Å². The van der Waals surface area contributed by atoms with E-state index >= 15 is 0 Å². The first-order valence-electron chi connectivity index (χ1n) is 4.41. The summed E-state index contributed by atoms with van der Waals surface area (Å²) in [6.07, 6.45) is -0.684. The highest BCUT2D eigenvalue weighted by Gasteiger charge is 2.14. The molecule has 0 spiro atoms. The van der Waals surface area contributed by atoms with Crippen LogP contribution in [0.3, 0.4) is 0 Å². The molecule has 0 bridgehead atoms. The Morgan fingerprint density at radius 2 is 1.94 bits per heavy atom. The number of rotatable bonds is 2. The number of carbonyl (C=O) groups is 2. The average molecular weight is 224 g/mol. The van der Waals surface area contributed by atoms with E-state index in [9.17, 15) is 9.59 Å². The zero-order valence-corrected chi connectivity index (χ0v) is 8.94. The second-order valence-corrected chi connectivity index (χ2v) is 2.91. The van der Waals surface area contributed by atoms with Crippen LogP contribution in [0.4, 0.5) is 16.2 Å². The van der Waals surface area contributed by atoms with Crippen LogP contribution in [0.1, 0.15) is 10.4 Å². The summed E-state index contributed by atoms with van der Waals surface area (Å²) in [6.45, 7) is 0. The van der Waals surface area contributed by atoms with Gasteiger partial charge in [0.1, 0.15) is 0 Å². The molecular formula is C10H12N2O4. The molecule has 86 valence electrons. The highest BCUT2D eigenvalue weighted by molar-refractivity contribution is 6.00. The summed E-state index contributed by atoms with van der Waals surface area (Å²) >= 11 is 0. The summed E-state index contributed by atoms with van der Waals surface area (Å²) in [6, 6.07) is 4.45. The summed E-state index contributed by atoms with van der Waals surface area (Å²) in [4.78, 5) is 22.4. The fourth-order valence-electron chi connectivity index (χ4n) is 1.11. The molecule has 0 saturated carbocycles. The number of hydrogen-bond donors (Lipinski definition) is 2. The minimum atomic E-state index is -0.684. The Morgan fingerprint density at radius 1 is 1.25 bits per heavy atom.